The molecule has 0 radical (unpaired) electrons. The fourth-order valence-electron chi connectivity index (χ4n) is 9.23. The van der Waals surface area contributed by atoms with Crippen LogP contribution in [-0.4, -0.2) is 59.3 Å². The van der Waals surface area contributed by atoms with Gasteiger partial charge >= 0.3 is 43.0 Å². The van der Waals surface area contributed by atoms with E-state index in [1.807, 2.05) is 0 Å². The number of carbonyl (C=O) groups excluding carboxylic acids is 1. The molecule has 0 aromatic rings. The summed E-state index contributed by atoms with van der Waals surface area (Å²) < 4.78 is 264. The zero-order valence-corrected chi connectivity index (χ0v) is 28.2. The largest absolute Gasteiger partial charge is 0.459 e. The number of ether oxygens (including phenoxy) is 1. The van der Waals surface area contributed by atoms with Gasteiger partial charge in [0.2, 0.25) is 0 Å². The highest BCUT2D eigenvalue weighted by Crippen LogP contribution is 2.71. The van der Waals surface area contributed by atoms with Crippen molar-refractivity contribution in [3.05, 3.63) is 0 Å². The first-order valence-electron chi connectivity index (χ1n) is 16.1. The number of rotatable bonds is 7. The first-order chi connectivity index (χ1) is 22.8. The van der Waals surface area contributed by atoms with Crippen molar-refractivity contribution in [1.82, 2.24) is 0 Å². The maximum absolute atomic E-state index is 15.0. The number of fused-ring (bicyclic) bond motifs is 2. The molecule has 6 unspecified atom stereocenters. The number of carbonyl (C=O) groups is 1. The average Bonchev–Trinajstić information content (AvgIpc) is 3.44. The van der Waals surface area contributed by atoms with E-state index in [2.05, 4.69) is 0 Å². The number of hydrogen-bond donors (Lipinski definition) is 1. The van der Waals surface area contributed by atoms with Crippen LogP contribution >= 0.6 is 0 Å². The predicted octanol–water partition coefficient (Wildman–Crippen LogP) is 11.3. The molecule has 2 bridgehead atoms. The van der Waals surface area contributed by atoms with Crippen LogP contribution < -0.4 is 0 Å². The number of hydrogen-bond acceptors (Lipinski definition) is 3. The minimum absolute atomic E-state index is 0.0572. The zero-order valence-electron chi connectivity index (χ0n) is 28.2. The summed E-state index contributed by atoms with van der Waals surface area (Å²) in [5, 5.41) is 9.69. The van der Waals surface area contributed by atoms with Gasteiger partial charge in [0.05, 0.1) is 5.41 Å². The number of esters is 1. The molecule has 306 valence electrons. The second-order valence-corrected chi connectivity index (χ2v) is 16.0. The number of alkyl halides is 18. The van der Waals surface area contributed by atoms with Gasteiger partial charge in [-0.05, 0) is 102 Å². The predicted molar refractivity (Wildman–Crippen MR) is 144 cm³/mol. The van der Waals surface area contributed by atoms with Crippen molar-refractivity contribution in [2.45, 2.75) is 134 Å². The van der Waals surface area contributed by atoms with Gasteiger partial charge < -0.3 is 9.84 Å². The molecule has 3 aliphatic carbocycles. The summed E-state index contributed by atoms with van der Waals surface area (Å²) >= 11 is 0. The van der Waals surface area contributed by atoms with E-state index in [0.717, 1.165) is 6.92 Å². The molecule has 0 heterocycles. The van der Waals surface area contributed by atoms with Gasteiger partial charge in [0.15, 0.2) is 10.8 Å². The molecule has 0 aromatic heterocycles. The Morgan fingerprint density at radius 2 is 1.10 bits per heavy atom. The molecule has 3 nitrogen and oxygen atoms in total. The van der Waals surface area contributed by atoms with Gasteiger partial charge in [-0.3, -0.25) is 4.79 Å². The third-order valence-corrected chi connectivity index (χ3v) is 11.9. The van der Waals surface area contributed by atoms with Crippen LogP contribution in [0.2, 0.25) is 0 Å². The Morgan fingerprint density at radius 1 is 0.673 bits per heavy atom. The van der Waals surface area contributed by atoms with Crippen LogP contribution in [0.15, 0.2) is 0 Å². The van der Waals surface area contributed by atoms with Crippen molar-refractivity contribution in [3.63, 3.8) is 0 Å². The minimum atomic E-state index is -6.67. The quantitative estimate of drug-likeness (QED) is 0.206. The molecule has 3 saturated carbocycles. The Balaban J connectivity index is 2.15. The molecule has 0 spiro atoms. The first-order valence-corrected chi connectivity index (χ1v) is 16.1. The highest BCUT2D eigenvalue weighted by molar-refractivity contribution is 5.79. The van der Waals surface area contributed by atoms with Crippen LogP contribution in [0.5, 0.6) is 0 Å². The first kappa shape index (κ1) is 44.6. The van der Waals surface area contributed by atoms with Gasteiger partial charge in [-0.25, -0.2) is 0 Å². The smallest absolute Gasteiger partial charge is 0.426 e. The van der Waals surface area contributed by atoms with Gasteiger partial charge in [0.25, 0.3) is 5.60 Å². The van der Waals surface area contributed by atoms with Crippen molar-refractivity contribution in [3.8, 4) is 0 Å². The SMILES string of the molecule is CC1C2CC(C1CC(C)(CC(C1CCC(C(O)(C(F)(F)F)C(F)(F)F)CC1)(C(F)(F)F)C(F)(F)F)C(F)(F)F)C(C(=O)OC(C)(C)C)(C(F)(F)F)C2. The van der Waals surface area contributed by atoms with E-state index >= 15 is 0 Å². The van der Waals surface area contributed by atoms with E-state index < -0.39 is 157 Å². The van der Waals surface area contributed by atoms with E-state index in [-0.39, 0.29) is 6.92 Å². The van der Waals surface area contributed by atoms with Crippen LogP contribution in [0.1, 0.15) is 86.0 Å². The Kier molecular flexibility index (Phi) is 11.0. The van der Waals surface area contributed by atoms with Crippen LogP contribution in [-0.2, 0) is 9.53 Å². The van der Waals surface area contributed by atoms with E-state index in [1.54, 1.807) is 0 Å². The lowest BCUT2D eigenvalue weighted by Crippen LogP contribution is -2.63. The topological polar surface area (TPSA) is 46.5 Å². The van der Waals surface area contributed by atoms with Gasteiger partial charge in [0, 0.05) is 5.92 Å². The van der Waals surface area contributed by atoms with Crippen molar-refractivity contribution in [2.24, 2.45) is 51.8 Å². The fraction of sp³-hybridized carbons (Fsp3) is 0.968. The van der Waals surface area contributed by atoms with Crippen LogP contribution in [0.4, 0.5) is 79.0 Å². The van der Waals surface area contributed by atoms with E-state index in [4.69, 9.17) is 4.74 Å². The van der Waals surface area contributed by atoms with Gasteiger partial charge in [-0.15, -0.1) is 0 Å². The van der Waals surface area contributed by atoms with Crippen molar-refractivity contribution in [1.29, 1.82) is 0 Å². The Hall–Kier alpha value is -1.83. The van der Waals surface area contributed by atoms with Crippen LogP contribution in [0.3, 0.4) is 0 Å². The Morgan fingerprint density at radius 3 is 1.42 bits per heavy atom. The van der Waals surface area contributed by atoms with Gasteiger partial charge in [0.1, 0.15) is 5.60 Å². The van der Waals surface area contributed by atoms with Crippen molar-refractivity contribution >= 4 is 5.97 Å². The minimum Gasteiger partial charge on any atom is -0.459 e. The summed E-state index contributed by atoms with van der Waals surface area (Å²) in [4.78, 5) is 13.1. The fourth-order valence-corrected chi connectivity index (χ4v) is 9.23. The molecular weight excluding hydrogens is 762 g/mol. The van der Waals surface area contributed by atoms with Crippen LogP contribution in [0, 0.1) is 51.8 Å². The van der Waals surface area contributed by atoms with E-state index in [0.29, 0.717) is 0 Å². The number of halogens is 18. The third kappa shape index (κ3) is 7.06. The van der Waals surface area contributed by atoms with E-state index in [1.165, 1.54) is 20.8 Å². The Bertz CT molecular complexity index is 1270. The Labute approximate surface area is 286 Å². The summed E-state index contributed by atoms with van der Waals surface area (Å²) in [6.45, 7) is 4.68. The summed E-state index contributed by atoms with van der Waals surface area (Å²) in [5.74, 6) is -14.3. The average molecular weight is 801 g/mol. The molecule has 52 heavy (non-hydrogen) atoms. The molecule has 6 atom stereocenters. The molecule has 21 heteroatoms. The molecule has 1 N–H and O–H groups in total. The second-order valence-electron chi connectivity index (χ2n) is 16.0. The van der Waals surface area contributed by atoms with Crippen molar-refractivity contribution in [2.75, 3.05) is 0 Å². The lowest BCUT2D eigenvalue weighted by Gasteiger charge is -2.52. The summed E-state index contributed by atoms with van der Waals surface area (Å²) in [6, 6.07) is 0. The normalized spacial score (nSPS) is 31.5. The maximum atomic E-state index is 15.0. The molecule has 0 saturated heterocycles. The van der Waals surface area contributed by atoms with Crippen LogP contribution in [0.25, 0.3) is 0 Å². The highest BCUT2D eigenvalue weighted by Gasteiger charge is 2.80. The summed E-state index contributed by atoms with van der Waals surface area (Å²) in [5.41, 5.74) is -20.1. The molecule has 3 rings (SSSR count). The van der Waals surface area contributed by atoms with Gasteiger partial charge in [-0.1, -0.05) is 13.8 Å². The summed E-state index contributed by atoms with van der Waals surface area (Å²) in [7, 11) is 0. The molecule has 0 aromatic carbocycles. The third-order valence-electron chi connectivity index (χ3n) is 11.9. The highest BCUT2D eigenvalue weighted by atomic mass is 19.4. The zero-order chi connectivity index (χ0) is 40.9. The lowest BCUT2D eigenvalue weighted by molar-refractivity contribution is -0.396. The standard InChI is InChI=1S/C31H38F18O3/c1-14-15-10-19(23(11-15,27(35,36)37)20(50)52-21(2,3)4)18(14)12-22(5,26(32,33)34)13-24(28(38,39)40,29(41,42)43)16-6-8-17(9-7-16)25(51,30(44,45)46)31(47,48)49/h14-19,51H,6-13H2,1-5H3. The molecule has 3 aliphatic rings. The lowest BCUT2D eigenvalue weighted by atomic mass is 9.55. The molecular formula is C31H38F18O3. The molecule has 3 fully saturated rings. The van der Waals surface area contributed by atoms with Gasteiger partial charge in [-0.2, -0.15) is 79.0 Å². The van der Waals surface area contributed by atoms with Crippen molar-refractivity contribution < 1.29 is 93.7 Å². The second kappa shape index (κ2) is 12.9. The number of aliphatic hydroxyl groups is 1. The molecule has 0 aliphatic heterocycles. The monoisotopic (exact) mass is 800 g/mol. The summed E-state index contributed by atoms with van der Waals surface area (Å²) in [6.07, 6.45) is -51.1. The van der Waals surface area contributed by atoms with E-state index in [9.17, 15) is 88.9 Å². The maximum Gasteiger partial charge on any atom is 0.426 e. The molecule has 0 amide bonds.